The normalized spacial score (nSPS) is 11.8. The minimum Gasteiger partial charge on any atom is -0.447 e. The summed E-state index contributed by atoms with van der Waals surface area (Å²) in [6.07, 6.45) is 0.142. The first kappa shape index (κ1) is 24.4. The van der Waals surface area contributed by atoms with Gasteiger partial charge in [-0.05, 0) is 46.9 Å². The summed E-state index contributed by atoms with van der Waals surface area (Å²) in [4.78, 5) is 26.7. The molecule has 0 aliphatic rings. The topological polar surface area (TPSA) is 70.7 Å². The highest BCUT2D eigenvalue weighted by atomic mass is 35.5. The predicted molar refractivity (Wildman–Crippen MR) is 134 cm³/mol. The molecule has 33 heavy (non-hydrogen) atoms. The fourth-order valence-corrected chi connectivity index (χ4v) is 3.78. The number of halogens is 1. The number of hydrogen-bond acceptors (Lipinski definition) is 3. The van der Waals surface area contributed by atoms with Crippen molar-refractivity contribution < 1.29 is 14.3 Å². The number of amides is 3. The Kier molecular flexibility index (Phi) is 8.55. The number of hydrogen-bond donors (Lipinski definition) is 2. The molecule has 174 valence electrons. The van der Waals surface area contributed by atoms with E-state index in [9.17, 15) is 9.59 Å². The van der Waals surface area contributed by atoms with Crippen LogP contribution in [0.15, 0.2) is 66.7 Å². The highest BCUT2D eigenvalue weighted by Gasteiger charge is 2.23. The zero-order valence-electron chi connectivity index (χ0n) is 19.2. The maximum atomic E-state index is 12.7. The van der Waals surface area contributed by atoms with Crippen molar-refractivity contribution in [2.75, 3.05) is 19.0 Å². The SMILES string of the molecule is CC(C)C[C@@H](COC(=O)Nc1ccc2ccccc2c1)N(C)C(=O)NCc1ccccc1Cl. The number of benzene rings is 3. The molecule has 3 rings (SSSR count). The average Bonchev–Trinajstić information content (AvgIpc) is 2.80. The van der Waals surface area contributed by atoms with Crippen LogP contribution in [0.1, 0.15) is 25.8 Å². The zero-order valence-corrected chi connectivity index (χ0v) is 19.9. The van der Waals surface area contributed by atoms with Gasteiger partial charge in [0.25, 0.3) is 0 Å². The highest BCUT2D eigenvalue weighted by Crippen LogP contribution is 2.19. The van der Waals surface area contributed by atoms with Gasteiger partial charge in [0.05, 0.1) is 6.04 Å². The van der Waals surface area contributed by atoms with E-state index >= 15 is 0 Å². The lowest BCUT2D eigenvalue weighted by atomic mass is 10.0. The Morgan fingerprint density at radius 3 is 2.42 bits per heavy atom. The summed E-state index contributed by atoms with van der Waals surface area (Å²) >= 11 is 6.17. The zero-order chi connectivity index (χ0) is 23.8. The van der Waals surface area contributed by atoms with Gasteiger partial charge in [-0.1, -0.05) is 74.0 Å². The number of ether oxygens (including phenoxy) is 1. The Hall–Kier alpha value is -3.25. The van der Waals surface area contributed by atoms with Crippen molar-refractivity contribution in [1.29, 1.82) is 0 Å². The lowest BCUT2D eigenvalue weighted by Gasteiger charge is -2.29. The summed E-state index contributed by atoms with van der Waals surface area (Å²) in [7, 11) is 1.71. The smallest absolute Gasteiger partial charge is 0.411 e. The Bertz CT molecular complexity index is 1100. The molecule has 7 heteroatoms. The molecule has 1 atom stereocenters. The van der Waals surface area contributed by atoms with Crippen LogP contribution in [0, 0.1) is 5.92 Å². The van der Waals surface area contributed by atoms with Crippen LogP contribution in [-0.4, -0.2) is 36.7 Å². The summed E-state index contributed by atoms with van der Waals surface area (Å²) in [6.45, 7) is 4.55. The molecule has 3 aromatic carbocycles. The molecule has 0 saturated heterocycles. The van der Waals surface area contributed by atoms with E-state index in [4.69, 9.17) is 16.3 Å². The van der Waals surface area contributed by atoms with E-state index in [1.165, 1.54) is 0 Å². The van der Waals surface area contributed by atoms with Crippen molar-refractivity contribution in [3.8, 4) is 0 Å². The molecule has 0 unspecified atom stereocenters. The molecule has 6 nitrogen and oxygen atoms in total. The molecule has 0 spiro atoms. The number of rotatable bonds is 8. The van der Waals surface area contributed by atoms with Gasteiger partial charge in [0.2, 0.25) is 0 Å². The monoisotopic (exact) mass is 467 g/mol. The van der Waals surface area contributed by atoms with E-state index in [0.29, 0.717) is 29.6 Å². The molecule has 0 saturated carbocycles. The van der Waals surface area contributed by atoms with Crippen LogP contribution >= 0.6 is 11.6 Å². The fraction of sp³-hybridized carbons (Fsp3) is 0.308. The van der Waals surface area contributed by atoms with Crippen molar-refractivity contribution in [3.63, 3.8) is 0 Å². The maximum absolute atomic E-state index is 12.7. The third-order valence-corrected chi connectivity index (χ3v) is 5.77. The Morgan fingerprint density at radius 2 is 1.70 bits per heavy atom. The molecule has 0 aliphatic carbocycles. The number of carbonyl (C=O) groups excluding carboxylic acids is 2. The minimum atomic E-state index is -0.552. The van der Waals surface area contributed by atoms with Crippen LogP contribution in [0.2, 0.25) is 5.02 Å². The van der Waals surface area contributed by atoms with E-state index in [2.05, 4.69) is 24.5 Å². The number of fused-ring (bicyclic) bond motifs is 1. The van der Waals surface area contributed by atoms with Crippen molar-refractivity contribution in [2.24, 2.45) is 5.92 Å². The molecule has 0 heterocycles. The summed E-state index contributed by atoms with van der Waals surface area (Å²) in [6, 6.07) is 20.5. The van der Waals surface area contributed by atoms with Gasteiger partial charge in [0.1, 0.15) is 6.61 Å². The molecular weight excluding hydrogens is 438 g/mol. The summed E-state index contributed by atoms with van der Waals surface area (Å²) in [5.41, 5.74) is 1.50. The standard InChI is InChI=1S/C26H30ClN3O3/c1-18(2)14-23(30(3)25(31)28-16-21-10-6-7-11-24(21)27)17-33-26(32)29-22-13-12-19-8-4-5-9-20(19)15-22/h4-13,15,18,23H,14,16-17H2,1-3H3,(H,28,31)(H,29,32)/t23-/m0/s1. The average molecular weight is 468 g/mol. The Balaban J connectivity index is 1.56. The first-order valence-electron chi connectivity index (χ1n) is 11.0. The van der Waals surface area contributed by atoms with Crippen LogP contribution in [0.4, 0.5) is 15.3 Å². The lowest BCUT2D eigenvalue weighted by Crippen LogP contribution is -2.46. The molecule has 0 aliphatic heterocycles. The van der Waals surface area contributed by atoms with E-state index in [0.717, 1.165) is 16.3 Å². The minimum absolute atomic E-state index is 0.0909. The van der Waals surface area contributed by atoms with Crippen LogP contribution < -0.4 is 10.6 Å². The molecule has 0 aromatic heterocycles. The molecule has 0 fully saturated rings. The van der Waals surface area contributed by atoms with Gasteiger partial charge < -0.3 is 15.0 Å². The summed E-state index contributed by atoms with van der Waals surface area (Å²) < 4.78 is 5.48. The second kappa shape index (κ2) is 11.6. The number of nitrogens with one attached hydrogen (secondary N) is 2. The summed E-state index contributed by atoms with van der Waals surface area (Å²) in [5.74, 6) is 0.320. The molecule has 2 N–H and O–H groups in total. The first-order valence-corrected chi connectivity index (χ1v) is 11.4. The molecule has 0 bridgehead atoms. The van der Waals surface area contributed by atoms with Gasteiger partial charge in [0, 0.05) is 24.3 Å². The number of nitrogens with zero attached hydrogens (tertiary/aromatic N) is 1. The Morgan fingerprint density at radius 1 is 1.00 bits per heavy atom. The third-order valence-electron chi connectivity index (χ3n) is 5.40. The molecule has 3 amide bonds. The van der Waals surface area contributed by atoms with Crippen molar-refractivity contribution in [3.05, 3.63) is 77.3 Å². The van der Waals surface area contributed by atoms with E-state index in [1.54, 1.807) is 18.0 Å². The van der Waals surface area contributed by atoms with E-state index in [1.807, 2.05) is 60.7 Å². The summed E-state index contributed by atoms with van der Waals surface area (Å²) in [5, 5.41) is 8.38. The second-order valence-electron chi connectivity index (χ2n) is 8.43. The fourth-order valence-electron chi connectivity index (χ4n) is 3.58. The van der Waals surface area contributed by atoms with Crippen LogP contribution in [0.25, 0.3) is 10.8 Å². The largest absolute Gasteiger partial charge is 0.447 e. The van der Waals surface area contributed by atoms with Gasteiger partial charge in [-0.3, -0.25) is 5.32 Å². The van der Waals surface area contributed by atoms with Crippen LogP contribution in [0.3, 0.4) is 0 Å². The number of carbonyl (C=O) groups is 2. The van der Waals surface area contributed by atoms with Crippen LogP contribution in [-0.2, 0) is 11.3 Å². The van der Waals surface area contributed by atoms with Gasteiger partial charge in [0.15, 0.2) is 0 Å². The van der Waals surface area contributed by atoms with Crippen molar-refractivity contribution in [1.82, 2.24) is 10.2 Å². The van der Waals surface area contributed by atoms with Crippen molar-refractivity contribution >= 4 is 40.2 Å². The van der Waals surface area contributed by atoms with E-state index in [-0.39, 0.29) is 18.7 Å². The van der Waals surface area contributed by atoms with Crippen molar-refractivity contribution in [2.45, 2.75) is 32.9 Å². The first-order chi connectivity index (χ1) is 15.8. The van der Waals surface area contributed by atoms with Gasteiger partial charge in [-0.2, -0.15) is 0 Å². The van der Waals surface area contributed by atoms with E-state index < -0.39 is 6.09 Å². The number of anilines is 1. The predicted octanol–water partition coefficient (Wildman–Crippen LogP) is 6.30. The van der Waals surface area contributed by atoms with Gasteiger partial charge in [-0.15, -0.1) is 0 Å². The van der Waals surface area contributed by atoms with Crippen LogP contribution in [0.5, 0.6) is 0 Å². The Labute approximate surface area is 199 Å². The number of urea groups is 1. The second-order valence-corrected chi connectivity index (χ2v) is 8.84. The molecule has 0 radical (unpaired) electrons. The molecular formula is C26H30ClN3O3. The number of likely N-dealkylation sites (N-methyl/N-ethyl adjacent to an activating group) is 1. The van der Waals surface area contributed by atoms with Gasteiger partial charge >= 0.3 is 12.1 Å². The third kappa shape index (κ3) is 7.12. The quantitative estimate of drug-likeness (QED) is 0.408. The maximum Gasteiger partial charge on any atom is 0.411 e. The van der Waals surface area contributed by atoms with Gasteiger partial charge in [-0.25, -0.2) is 9.59 Å². The molecule has 3 aromatic rings. The lowest BCUT2D eigenvalue weighted by molar-refractivity contribution is 0.109. The highest BCUT2D eigenvalue weighted by molar-refractivity contribution is 6.31.